The fourth-order valence-electron chi connectivity index (χ4n) is 1.86. The van der Waals surface area contributed by atoms with Crippen molar-refractivity contribution >= 4 is 11.9 Å². The lowest BCUT2D eigenvalue weighted by Crippen LogP contribution is -2.32. The molecule has 0 saturated carbocycles. The van der Waals surface area contributed by atoms with Crippen LogP contribution >= 0.6 is 0 Å². The molecule has 0 fully saturated rings. The maximum atomic E-state index is 12.9. The topological polar surface area (TPSA) is 68.5 Å². The van der Waals surface area contributed by atoms with E-state index in [-0.39, 0.29) is 12.3 Å². The van der Waals surface area contributed by atoms with E-state index in [2.05, 4.69) is 5.32 Å². The van der Waals surface area contributed by atoms with Crippen LogP contribution in [0.25, 0.3) is 0 Å². The predicted octanol–water partition coefficient (Wildman–Crippen LogP) is 2.11. The number of nitrogens with one attached hydrogen (secondary N) is 1. The quantitative estimate of drug-likeness (QED) is 0.857. The second-order valence-corrected chi connectivity index (χ2v) is 4.31. The maximum Gasteiger partial charge on any atom is 0.314 e. The van der Waals surface area contributed by atoms with E-state index in [1.165, 1.54) is 43.7 Å². The molecule has 1 atom stereocenters. The molecule has 0 aliphatic carbocycles. The molecule has 2 rings (SSSR count). The van der Waals surface area contributed by atoms with Gasteiger partial charge in [-0.15, -0.1) is 0 Å². The van der Waals surface area contributed by atoms with Gasteiger partial charge in [-0.3, -0.25) is 9.59 Å². The molecule has 0 aliphatic rings. The number of esters is 1. The highest BCUT2D eigenvalue weighted by Crippen LogP contribution is 2.17. The lowest BCUT2D eigenvalue weighted by atomic mass is 9.99. The predicted molar refractivity (Wildman–Crippen MR) is 72.2 cm³/mol. The molecule has 1 aromatic carbocycles. The van der Waals surface area contributed by atoms with Gasteiger partial charge in [0.1, 0.15) is 5.82 Å². The van der Waals surface area contributed by atoms with Crippen molar-refractivity contribution in [1.82, 2.24) is 5.32 Å². The molecule has 1 aromatic heterocycles. The third-order valence-electron chi connectivity index (χ3n) is 2.97. The number of hydrogen-bond acceptors (Lipinski definition) is 4. The first-order chi connectivity index (χ1) is 10.1. The lowest BCUT2D eigenvalue weighted by molar-refractivity contribution is -0.142. The van der Waals surface area contributed by atoms with Crippen molar-refractivity contribution < 1.29 is 23.1 Å². The van der Waals surface area contributed by atoms with Crippen molar-refractivity contribution in [2.75, 3.05) is 13.7 Å². The Hall–Kier alpha value is -2.63. The summed E-state index contributed by atoms with van der Waals surface area (Å²) in [5, 5.41) is 2.59. The monoisotopic (exact) mass is 291 g/mol. The molecule has 0 unspecified atom stereocenters. The zero-order valence-corrected chi connectivity index (χ0v) is 11.3. The number of furan rings is 1. The van der Waals surface area contributed by atoms with E-state index in [9.17, 15) is 14.0 Å². The Morgan fingerprint density at radius 1 is 1.29 bits per heavy atom. The van der Waals surface area contributed by atoms with E-state index in [1.807, 2.05) is 0 Å². The number of ether oxygens (including phenoxy) is 1. The average Bonchev–Trinajstić information content (AvgIpc) is 3.03. The number of rotatable bonds is 5. The highest BCUT2D eigenvalue weighted by atomic mass is 19.1. The number of amides is 1. The van der Waals surface area contributed by atoms with E-state index < -0.39 is 23.6 Å². The van der Waals surface area contributed by atoms with E-state index in [0.29, 0.717) is 5.56 Å². The van der Waals surface area contributed by atoms with E-state index in [0.717, 1.165) is 0 Å². The molecule has 110 valence electrons. The fraction of sp³-hybridized carbons (Fsp3) is 0.200. The molecule has 1 amide bonds. The number of halogens is 1. The Morgan fingerprint density at radius 3 is 2.57 bits per heavy atom. The van der Waals surface area contributed by atoms with E-state index in [1.54, 1.807) is 6.07 Å². The molecule has 6 heteroatoms. The van der Waals surface area contributed by atoms with E-state index in [4.69, 9.17) is 9.15 Å². The minimum Gasteiger partial charge on any atom is -0.468 e. The van der Waals surface area contributed by atoms with Crippen LogP contribution in [-0.4, -0.2) is 25.5 Å². The second-order valence-electron chi connectivity index (χ2n) is 4.31. The van der Waals surface area contributed by atoms with Gasteiger partial charge in [-0.25, -0.2) is 4.39 Å². The van der Waals surface area contributed by atoms with Gasteiger partial charge in [-0.2, -0.15) is 0 Å². The molecular weight excluding hydrogens is 277 g/mol. The molecule has 1 heterocycles. The van der Waals surface area contributed by atoms with Crippen LogP contribution in [0.5, 0.6) is 0 Å². The molecule has 0 aliphatic heterocycles. The summed E-state index contributed by atoms with van der Waals surface area (Å²) in [7, 11) is 1.26. The first-order valence-corrected chi connectivity index (χ1v) is 6.27. The summed E-state index contributed by atoms with van der Waals surface area (Å²) in [6, 6.07) is 8.57. The summed E-state index contributed by atoms with van der Waals surface area (Å²) < 4.78 is 22.6. The zero-order valence-electron chi connectivity index (χ0n) is 11.3. The second kappa shape index (κ2) is 6.69. The van der Waals surface area contributed by atoms with Crippen molar-refractivity contribution in [2.45, 2.75) is 5.92 Å². The number of methoxy groups -OCH3 is 1. The van der Waals surface area contributed by atoms with Crippen LogP contribution in [0.3, 0.4) is 0 Å². The molecule has 0 saturated heterocycles. The van der Waals surface area contributed by atoms with Crippen molar-refractivity contribution in [1.29, 1.82) is 0 Å². The molecule has 0 spiro atoms. The van der Waals surface area contributed by atoms with Crippen molar-refractivity contribution in [3.8, 4) is 0 Å². The average molecular weight is 291 g/mol. The standard InChI is InChI=1S/C15H14FNO4/c1-20-15(19)12(10-4-6-11(16)7-5-10)9-17-14(18)13-3-2-8-21-13/h2-8,12H,9H2,1H3,(H,17,18)/t12-/m0/s1. The van der Waals surface area contributed by atoms with Gasteiger partial charge >= 0.3 is 5.97 Å². The molecule has 2 aromatic rings. The van der Waals surface area contributed by atoms with Gasteiger partial charge in [0.15, 0.2) is 5.76 Å². The molecule has 0 bridgehead atoms. The minimum absolute atomic E-state index is 0.0256. The largest absolute Gasteiger partial charge is 0.468 e. The molecule has 5 nitrogen and oxygen atoms in total. The van der Waals surface area contributed by atoms with Crippen LogP contribution in [0.15, 0.2) is 47.1 Å². The molecule has 1 N–H and O–H groups in total. The SMILES string of the molecule is COC(=O)[C@@H](CNC(=O)c1ccco1)c1ccc(F)cc1. The maximum absolute atomic E-state index is 12.9. The van der Waals surface area contributed by atoms with E-state index >= 15 is 0 Å². The lowest BCUT2D eigenvalue weighted by Gasteiger charge is -2.15. The number of hydrogen-bond donors (Lipinski definition) is 1. The zero-order chi connectivity index (χ0) is 15.2. The number of benzene rings is 1. The van der Waals surface area contributed by atoms with Gasteiger partial charge in [0.25, 0.3) is 5.91 Å². The summed E-state index contributed by atoms with van der Waals surface area (Å²) >= 11 is 0. The van der Waals surface area contributed by atoms with Crippen LogP contribution in [0, 0.1) is 5.82 Å². The van der Waals surface area contributed by atoms with Crippen LogP contribution in [0.4, 0.5) is 4.39 Å². The summed E-state index contributed by atoms with van der Waals surface area (Å²) in [5.74, 6) is -1.91. The number of carbonyl (C=O) groups is 2. The number of carbonyl (C=O) groups excluding carboxylic acids is 2. The summed E-state index contributed by atoms with van der Waals surface area (Å²) in [6.45, 7) is 0.0256. The Kier molecular flexibility index (Phi) is 4.71. The Labute approximate surface area is 120 Å². The Balaban J connectivity index is 2.08. The van der Waals surface area contributed by atoms with Gasteiger partial charge in [-0.1, -0.05) is 12.1 Å². The summed E-state index contributed by atoms with van der Waals surface area (Å²) in [5.41, 5.74) is 0.558. The van der Waals surface area contributed by atoms with Gasteiger partial charge in [0, 0.05) is 6.54 Å². The molecular formula is C15H14FNO4. The first kappa shape index (κ1) is 14.8. The highest BCUT2D eigenvalue weighted by Gasteiger charge is 2.23. The molecule has 0 radical (unpaired) electrons. The van der Waals surface area contributed by atoms with Gasteiger partial charge in [-0.05, 0) is 29.8 Å². The van der Waals surface area contributed by atoms with Gasteiger partial charge in [0.2, 0.25) is 0 Å². The van der Waals surface area contributed by atoms with Crippen molar-refractivity contribution in [2.24, 2.45) is 0 Å². The normalized spacial score (nSPS) is 11.7. The van der Waals surface area contributed by atoms with Crippen molar-refractivity contribution in [3.63, 3.8) is 0 Å². The third kappa shape index (κ3) is 3.68. The summed E-state index contributed by atoms with van der Waals surface area (Å²) in [4.78, 5) is 23.6. The highest BCUT2D eigenvalue weighted by molar-refractivity contribution is 5.92. The van der Waals surface area contributed by atoms with Gasteiger partial charge < -0.3 is 14.5 Å². The Morgan fingerprint density at radius 2 is 2.00 bits per heavy atom. The van der Waals surface area contributed by atoms with Crippen LogP contribution in [0.1, 0.15) is 22.0 Å². The van der Waals surface area contributed by atoms with Gasteiger partial charge in [0.05, 0.1) is 19.3 Å². The molecule has 21 heavy (non-hydrogen) atoms. The van der Waals surface area contributed by atoms with Crippen LogP contribution in [-0.2, 0) is 9.53 Å². The summed E-state index contributed by atoms with van der Waals surface area (Å²) in [6.07, 6.45) is 1.38. The minimum atomic E-state index is -0.713. The first-order valence-electron chi connectivity index (χ1n) is 6.27. The van der Waals surface area contributed by atoms with Crippen LogP contribution in [0.2, 0.25) is 0 Å². The van der Waals surface area contributed by atoms with Crippen LogP contribution < -0.4 is 5.32 Å². The third-order valence-corrected chi connectivity index (χ3v) is 2.97. The Bertz CT molecular complexity index is 607. The van der Waals surface area contributed by atoms with Crippen molar-refractivity contribution in [3.05, 3.63) is 59.8 Å². The smallest absolute Gasteiger partial charge is 0.314 e. The fourth-order valence-corrected chi connectivity index (χ4v) is 1.86.